The lowest BCUT2D eigenvalue weighted by atomic mass is 10.0. The van der Waals surface area contributed by atoms with Crippen LogP contribution < -0.4 is 5.11 Å². The third-order valence-electron chi connectivity index (χ3n) is 10.9. The number of hydrogen-bond donors (Lipinski definition) is 0. The van der Waals surface area contributed by atoms with Gasteiger partial charge in [-0.3, -0.25) is 9.59 Å². The average Bonchev–Trinajstić information content (AvgIpc) is 3.17. The molecule has 57 heavy (non-hydrogen) atoms. The summed E-state index contributed by atoms with van der Waals surface area (Å²) in [5, 5.41) is 11.6. The van der Waals surface area contributed by atoms with Gasteiger partial charge in [-0.1, -0.05) is 192 Å². The number of carboxylic acid groups (broad SMARTS) is 1. The largest absolute Gasteiger partial charge is 0.544 e. The average molecular weight is 806 g/mol. The minimum absolute atomic E-state index is 0.0336. The molecule has 0 radical (unpaired) electrons. The Kier molecular flexibility index (Phi) is 39.0. The lowest BCUT2D eigenvalue weighted by molar-refractivity contribution is -0.889. The Morgan fingerprint density at radius 1 is 0.526 bits per heavy atom. The third kappa shape index (κ3) is 39.1. The Bertz CT molecular complexity index is 989. The van der Waals surface area contributed by atoms with Crippen molar-refractivity contribution in [2.75, 3.05) is 41.0 Å². The van der Waals surface area contributed by atoms with E-state index in [0.29, 0.717) is 12.8 Å². The van der Waals surface area contributed by atoms with E-state index in [1.165, 1.54) is 135 Å². The van der Waals surface area contributed by atoms with Crippen molar-refractivity contribution in [3.8, 4) is 0 Å². The quantitative estimate of drug-likeness (QED) is 0.0262. The molecule has 0 aromatic rings. The number of esters is 2. The minimum Gasteiger partial charge on any atom is -0.544 e. The van der Waals surface area contributed by atoms with Crippen molar-refractivity contribution >= 4 is 17.9 Å². The van der Waals surface area contributed by atoms with Crippen LogP contribution in [0.4, 0.5) is 0 Å². The summed E-state index contributed by atoms with van der Waals surface area (Å²) in [7, 11) is 5.40. The molecule has 334 valence electrons. The Morgan fingerprint density at radius 3 is 1.37 bits per heavy atom. The number of carbonyl (C=O) groups is 3. The predicted molar refractivity (Wildman–Crippen MR) is 236 cm³/mol. The lowest BCUT2D eigenvalue weighted by Crippen LogP contribution is -2.55. The molecule has 0 heterocycles. The van der Waals surface area contributed by atoms with Gasteiger partial charge in [0.05, 0.1) is 40.3 Å². The van der Waals surface area contributed by atoms with Crippen LogP contribution in [0.15, 0.2) is 24.3 Å². The molecular formula is C49H91NO7. The minimum atomic E-state index is -1.13. The lowest BCUT2D eigenvalue weighted by Gasteiger charge is -2.34. The third-order valence-corrected chi connectivity index (χ3v) is 10.9. The Labute approximate surface area is 351 Å². The van der Waals surface area contributed by atoms with Gasteiger partial charge in [0.25, 0.3) is 0 Å². The van der Waals surface area contributed by atoms with Crippen LogP contribution in [0.5, 0.6) is 0 Å². The van der Waals surface area contributed by atoms with E-state index in [4.69, 9.17) is 14.2 Å². The first kappa shape index (κ1) is 54.8. The number of allylic oxidation sites excluding steroid dienone is 4. The van der Waals surface area contributed by atoms with Gasteiger partial charge in [0.1, 0.15) is 12.6 Å². The van der Waals surface area contributed by atoms with Gasteiger partial charge in [-0.2, -0.15) is 0 Å². The maximum atomic E-state index is 12.7. The molecule has 0 amide bonds. The van der Waals surface area contributed by atoms with Crippen LogP contribution >= 0.6 is 0 Å². The van der Waals surface area contributed by atoms with Gasteiger partial charge in [0.15, 0.2) is 6.10 Å². The first-order valence-electron chi connectivity index (χ1n) is 23.9. The number of aliphatic carboxylic acids is 1. The molecular weight excluding hydrogens is 715 g/mol. The molecule has 2 unspecified atom stereocenters. The molecule has 8 heteroatoms. The van der Waals surface area contributed by atoms with E-state index in [1.807, 2.05) is 0 Å². The molecule has 0 rings (SSSR count). The summed E-state index contributed by atoms with van der Waals surface area (Å²) in [5.74, 6) is -1.76. The molecule has 0 bridgehead atoms. The number of unbranched alkanes of at least 4 members (excludes halogenated alkanes) is 26. The molecule has 8 nitrogen and oxygen atoms in total. The highest BCUT2D eigenvalue weighted by Gasteiger charge is 2.25. The zero-order valence-corrected chi connectivity index (χ0v) is 38.0. The summed E-state index contributed by atoms with van der Waals surface area (Å²) in [5.41, 5.74) is 0. The molecule has 0 aliphatic rings. The van der Waals surface area contributed by atoms with E-state index in [2.05, 4.69) is 38.2 Å². The number of rotatable bonds is 43. The number of carboxylic acids is 1. The van der Waals surface area contributed by atoms with Crippen LogP contribution in [-0.4, -0.2) is 75.5 Å². The summed E-state index contributed by atoms with van der Waals surface area (Å²) in [6.45, 7) is 4.60. The fraction of sp³-hybridized carbons (Fsp3) is 0.857. The van der Waals surface area contributed by atoms with Gasteiger partial charge in [0, 0.05) is 19.3 Å². The topological polar surface area (TPSA) is 102 Å². The van der Waals surface area contributed by atoms with Crippen molar-refractivity contribution in [3.05, 3.63) is 24.3 Å². The van der Waals surface area contributed by atoms with Gasteiger partial charge >= 0.3 is 11.9 Å². The van der Waals surface area contributed by atoms with Gasteiger partial charge in [-0.05, 0) is 32.1 Å². The van der Waals surface area contributed by atoms with Crippen molar-refractivity contribution in [3.63, 3.8) is 0 Å². The Balaban J connectivity index is 4.16. The van der Waals surface area contributed by atoms with Crippen molar-refractivity contribution in [2.24, 2.45) is 0 Å². The maximum Gasteiger partial charge on any atom is 0.306 e. The smallest absolute Gasteiger partial charge is 0.306 e. The highest BCUT2D eigenvalue weighted by molar-refractivity contribution is 5.70. The molecule has 0 saturated heterocycles. The van der Waals surface area contributed by atoms with E-state index < -0.39 is 18.1 Å². The van der Waals surface area contributed by atoms with Gasteiger partial charge in [-0.15, -0.1) is 0 Å². The molecule has 0 aromatic carbocycles. The Morgan fingerprint density at radius 2 is 0.930 bits per heavy atom. The van der Waals surface area contributed by atoms with Crippen LogP contribution in [0.1, 0.15) is 219 Å². The SMILES string of the molecule is CCCC/C=C/C=C/CCCCCC(=O)OC(COCCC(C(=O)[O-])[N+](C)(C)C)COC(=O)CCCCCCCCCCCCCCCCCCCCCCCC. The van der Waals surface area contributed by atoms with E-state index in [1.54, 1.807) is 21.1 Å². The number of quaternary nitrogens is 1. The fourth-order valence-corrected chi connectivity index (χ4v) is 7.11. The number of likely N-dealkylation sites (N-methyl/N-ethyl adjacent to an activating group) is 1. The fourth-order valence-electron chi connectivity index (χ4n) is 7.11. The molecule has 0 aromatic heterocycles. The number of hydrogen-bond acceptors (Lipinski definition) is 7. The van der Waals surface area contributed by atoms with Crippen molar-refractivity contribution in [1.82, 2.24) is 0 Å². The number of carbonyl (C=O) groups excluding carboxylic acids is 3. The van der Waals surface area contributed by atoms with E-state index in [9.17, 15) is 19.5 Å². The van der Waals surface area contributed by atoms with Crippen LogP contribution in [0.3, 0.4) is 0 Å². The summed E-state index contributed by atoms with van der Waals surface area (Å²) in [4.78, 5) is 36.8. The molecule has 0 spiro atoms. The molecule has 0 aliphatic heterocycles. The van der Waals surface area contributed by atoms with Gasteiger partial charge in [0.2, 0.25) is 0 Å². The van der Waals surface area contributed by atoms with Crippen molar-refractivity contribution in [2.45, 2.75) is 231 Å². The Hall–Kier alpha value is -2.19. The molecule has 0 aliphatic carbocycles. The normalized spacial score (nSPS) is 13.1. The summed E-state index contributed by atoms with van der Waals surface area (Å²) in [6.07, 6.45) is 45.1. The van der Waals surface area contributed by atoms with E-state index in [0.717, 1.165) is 51.4 Å². The van der Waals surface area contributed by atoms with Crippen LogP contribution in [0.2, 0.25) is 0 Å². The summed E-state index contributed by atoms with van der Waals surface area (Å²) in [6, 6.07) is -0.727. The number of ether oxygens (including phenoxy) is 3. The second kappa shape index (κ2) is 40.6. The van der Waals surface area contributed by atoms with Crippen molar-refractivity contribution in [1.29, 1.82) is 0 Å². The van der Waals surface area contributed by atoms with E-state index in [-0.39, 0.29) is 42.7 Å². The highest BCUT2D eigenvalue weighted by atomic mass is 16.6. The molecule has 0 saturated carbocycles. The number of nitrogens with zero attached hydrogens (tertiary/aromatic N) is 1. The first-order chi connectivity index (χ1) is 27.6. The molecule has 0 fully saturated rings. The highest BCUT2D eigenvalue weighted by Crippen LogP contribution is 2.16. The van der Waals surface area contributed by atoms with Crippen LogP contribution in [0, 0.1) is 0 Å². The summed E-state index contributed by atoms with van der Waals surface area (Å²) < 4.78 is 17.1. The van der Waals surface area contributed by atoms with Gasteiger partial charge < -0.3 is 28.6 Å². The van der Waals surface area contributed by atoms with Crippen LogP contribution in [-0.2, 0) is 28.6 Å². The molecule has 2 atom stereocenters. The zero-order valence-electron chi connectivity index (χ0n) is 38.0. The van der Waals surface area contributed by atoms with E-state index >= 15 is 0 Å². The summed E-state index contributed by atoms with van der Waals surface area (Å²) >= 11 is 0. The monoisotopic (exact) mass is 806 g/mol. The predicted octanol–water partition coefficient (Wildman–Crippen LogP) is 11.9. The van der Waals surface area contributed by atoms with Crippen LogP contribution in [0.25, 0.3) is 0 Å². The van der Waals surface area contributed by atoms with Crippen molar-refractivity contribution < 1.29 is 38.2 Å². The second-order valence-electron chi connectivity index (χ2n) is 17.4. The maximum absolute atomic E-state index is 12.7. The standard InChI is InChI=1S/C49H91NO7/c1-6-8-10-12-14-16-18-19-20-21-22-23-24-25-26-27-28-30-31-33-35-37-39-47(51)56-44-45(43-55-42-41-46(49(53)54)50(3,4)5)57-48(52)40-38-36-34-32-29-17-15-13-11-9-7-2/h13,15,17,29,45-46H,6-12,14,16,18-28,30-44H2,1-5H3/b15-13+,29-17+. The van der Waals surface area contributed by atoms with Gasteiger partial charge in [-0.25, -0.2) is 0 Å². The second-order valence-corrected chi connectivity index (χ2v) is 17.4. The zero-order chi connectivity index (χ0) is 42.1. The first-order valence-corrected chi connectivity index (χ1v) is 23.9. The molecule has 0 N–H and O–H groups in total.